The normalized spacial score (nSPS) is 12.2. The fourth-order valence-electron chi connectivity index (χ4n) is 2.71. The highest BCUT2D eigenvalue weighted by Gasteiger charge is 2.41. The summed E-state index contributed by atoms with van der Waals surface area (Å²) in [4.78, 5) is -0.638. The number of rotatable bonds is 4. The fraction of sp³-hybridized carbons (Fsp3) is 0.167. The third-order valence-electron chi connectivity index (χ3n) is 3.99. The van der Waals surface area contributed by atoms with Crippen LogP contribution in [0, 0.1) is 5.82 Å². The van der Waals surface area contributed by atoms with Gasteiger partial charge in [-0.15, -0.1) is 0 Å². The minimum Gasteiger partial charge on any atom is -0.495 e. The zero-order chi connectivity index (χ0) is 21.6. The maximum atomic E-state index is 14.3. The van der Waals surface area contributed by atoms with Gasteiger partial charge in [0, 0.05) is 11.8 Å². The summed E-state index contributed by atoms with van der Waals surface area (Å²) in [6, 6.07) is 6.78. The quantitative estimate of drug-likeness (QED) is 0.510. The Bertz CT molecular complexity index is 1190. The highest BCUT2D eigenvalue weighted by atomic mass is 35.5. The molecule has 0 saturated carbocycles. The molecule has 0 radical (unpaired) electrons. The van der Waals surface area contributed by atoms with Crippen molar-refractivity contribution in [1.29, 1.82) is 0 Å². The van der Waals surface area contributed by atoms with Crippen LogP contribution in [-0.4, -0.2) is 26.9 Å². The van der Waals surface area contributed by atoms with Gasteiger partial charge in [0.2, 0.25) is 5.76 Å². The lowest BCUT2D eigenvalue weighted by Crippen LogP contribution is -2.06. The van der Waals surface area contributed by atoms with Gasteiger partial charge in [-0.05, 0) is 29.8 Å². The topological polar surface area (TPSA) is 69.4 Å². The predicted octanol–water partition coefficient (Wildman–Crippen LogP) is 5.23. The summed E-state index contributed by atoms with van der Waals surface area (Å²) >= 11 is 5.94. The summed E-state index contributed by atoms with van der Waals surface area (Å²) in [5.74, 6) is -2.46. The number of alkyl halides is 3. The van der Waals surface area contributed by atoms with Crippen LogP contribution in [0.25, 0.3) is 22.4 Å². The summed E-state index contributed by atoms with van der Waals surface area (Å²) in [6.45, 7) is 0. The molecule has 0 bridgehead atoms. The molecule has 2 aromatic carbocycles. The number of nitrogens with zero attached hydrogens (tertiary/aromatic N) is 1. The average molecular weight is 450 g/mol. The van der Waals surface area contributed by atoms with Crippen LogP contribution < -0.4 is 4.74 Å². The van der Waals surface area contributed by atoms with Crippen molar-refractivity contribution in [3.63, 3.8) is 0 Å². The van der Waals surface area contributed by atoms with E-state index in [-0.39, 0.29) is 27.6 Å². The molecule has 5 nitrogen and oxygen atoms in total. The molecule has 154 valence electrons. The summed E-state index contributed by atoms with van der Waals surface area (Å²) in [7, 11) is -2.57. The van der Waals surface area contributed by atoms with Crippen molar-refractivity contribution in [3.8, 4) is 28.1 Å². The highest BCUT2D eigenvalue weighted by molar-refractivity contribution is 7.90. The van der Waals surface area contributed by atoms with Crippen molar-refractivity contribution >= 4 is 21.4 Å². The van der Waals surface area contributed by atoms with Crippen molar-refractivity contribution in [2.45, 2.75) is 11.1 Å². The summed E-state index contributed by atoms with van der Waals surface area (Å²) in [5, 5.41) is 3.72. The van der Waals surface area contributed by atoms with Gasteiger partial charge < -0.3 is 9.26 Å². The molecule has 3 rings (SSSR count). The first-order valence-corrected chi connectivity index (χ1v) is 10.1. The zero-order valence-corrected chi connectivity index (χ0v) is 16.4. The lowest BCUT2D eigenvalue weighted by molar-refractivity contribution is -0.154. The Morgan fingerprint density at radius 2 is 1.76 bits per heavy atom. The number of sulfone groups is 1. The molecule has 0 spiro atoms. The Hall–Kier alpha value is -2.59. The van der Waals surface area contributed by atoms with Gasteiger partial charge >= 0.3 is 6.18 Å². The molecule has 3 aromatic rings. The van der Waals surface area contributed by atoms with E-state index in [0.29, 0.717) is 6.07 Å². The van der Waals surface area contributed by atoms with Crippen LogP contribution in [0.15, 0.2) is 45.8 Å². The second-order valence-corrected chi connectivity index (χ2v) is 8.39. The van der Waals surface area contributed by atoms with E-state index in [0.717, 1.165) is 18.4 Å². The van der Waals surface area contributed by atoms with E-state index in [2.05, 4.69) is 9.68 Å². The molecular weight excluding hydrogens is 438 g/mol. The summed E-state index contributed by atoms with van der Waals surface area (Å²) in [5.41, 5.74) is -0.861. The fourth-order valence-corrected chi connectivity index (χ4v) is 3.64. The first-order chi connectivity index (χ1) is 13.4. The van der Waals surface area contributed by atoms with Gasteiger partial charge in [-0.1, -0.05) is 28.9 Å². The zero-order valence-electron chi connectivity index (χ0n) is 14.8. The molecule has 29 heavy (non-hydrogen) atoms. The maximum absolute atomic E-state index is 14.3. The SMILES string of the molecule is COc1cc(-c2noc(C(F)(F)F)c2-c2ccc(S(C)(=O)=O)c(F)c2)ccc1Cl. The second-order valence-electron chi connectivity index (χ2n) is 6.00. The molecule has 0 atom stereocenters. The number of hydrogen-bond acceptors (Lipinski definition) is 5. The van der Waals surface area contributed by atoms with Crippen LogP contribution in [0.1, 0.15) is 5.76 Å². The molecule has 0 unspecified atom stereocenters. The molecule has 0 aliphatic rings. The molecule has 0 fully saturated rings. The largest absolute Gasteiger partial charge is 0.495 e. The Balaban J connectivity index is 2.28. The van der Waals surface area contributed by atoms with E-state index in [1.54, 1.807) is 0 Å². The van der Waals surface area contributed by atoms with Gasteiger partial charge in [-0.25, -0.2) is 12.8 Å². The monoisotopic (exact) mass is 449 g/mol. The Kier molecular flexibility index (Phi) is 5.35. The van der Waals surface area contributed by atoms with E-state index < -0.39 is 38.0 Å². The highest BCUT2D eigenvalue weighted by Crippen LogP contribution is 2.44. The lowest BCUT2D eigenvalue weighted by Gasteiger charge is -2.10. The second kappa shape index (κ2) is 7.34. The predicted molar refractivity (Wildman–Crippen MR) is 97.0 cm³/mol. The van der Waals surface area contributed by atoms with Crippen LogP contribution in [0.2, 0.25) is 5.02 Å². The number of benzene rings is 2. The van der Waals surface area contributed by atoms with E-state index in [9.17, 15) is 26.0 Å². The summed E-state index contributed by atoms with van der Waals surface area (Å²) in [6.07, 6.45) is -4.14. The van der Waals surface area contributed by atoms with Gasteiger partial charge in [0.05, 0.1) is 17.7 Å². The van der Waals surface area contributed by atoms with E-state index in [4.69, 9.17) is 16.3 Å². The van der Waals surface area contributed by atoms with E-state index in [1.807, 2.05) is 0 Å². The number of aromatic nitrogens is 1. The van der Waals surface area contributed by atoms with Crippen LogP contribution >= 0.6 is 11.6 Å². The Morgan fingerprint density at radius 3 is 2.31 bits per heavy atom. The van der Waals surface area contributed by atoms with Crippen LogP contribution in [0.3, 0.4) is 0 Å². The Labute approximate surface area is 167 Å². The number of methoxy groups -OCH3 is 1. The average Bonchev–Trinajstić information content (AvgIpc) is 3.06. The van der Waals surface area contributed by atoms with Crippen molar-refractivity contribution in [2.75, 3.05) is 13.4 Å². The third-order valence-corrected chi connectivity index (χ3v) is 5.44. The molecule has 0 aliphatic heterocycles. The number of ether oxygens (including phenoxy) is 1. The molecule has 1 heterocycles. The number of halogens is 5. The molecular formula is C18H12ClF4NO4S. The van der Waals surface area contributed by atoms with E-state index >= 15 is 0 Å². The smallest absolute Gasteiger partial charge is 0.453 e. The van der Waals surface area contributed by atoms with Crippen molar-refractivity contribution in [1.82, 2.24) is 5.16 Å². The van der Waals surface area contributed by atoms with Crippen molar-refractivity contribution in [3.05, 3.63) is 53.0 Å². The standard InChI is InChI=1S/C18H12ClF4NO4S/c1-27-13-8-10(3-5-11(13)19)16-15(17(28-24-16)18(21,22)23)9-4-6-14(12(20)7-9)29(2,25)26/h3-8H,1-2H3. The van der Waals surface area contributed by atoms with E-state index in [1.165, 1.54) is 25.3 Å². The molecule has 1 aromatic heterocycles. The minimum atomic E-state index is -4.93. The lowest BCUT2D eigenvalue weighted by atomic mass is 9.98. The van der Waals surface area contributed by atoms with Gasteiger partial charge in [-0.3, -0.25) is 0 Å². The Morgan fingerprint density at radius 1 is 1.10 bits per heavy atom. The number of hydrogen-bond donors (Lipinski definition) is 0. The molecule has 0 N–H and O–H groups in total. The first-order valence-electron chi connectivity index (χ1n) is 7.84. The molecule has 11 heteroatoms. The summed E-state index contributed by atoms with van der Waals surface area (Å²) < 4.78 is 87.5. The van der Waals surface area contributed by atoms with Gasteiger partial charge in [0.1, 0.15) is 22.2 Å². The van der Waals surface area contributed by atoms with Gasteiger partial charge in [0.25, 0.3) is 0 Å². The third kappa shape index (κ3) is 4.08. The van der Waals surface area contributed by atoms with Crippen LogP contribution in [0.5, 0.6) is 5.75 Å². The van der Waals surface area contributed by atoms with Gasteiger partial charge in [0.15, 0.2) is 9.84 Å². The van der Waals surface area contributed by atoms with Crippen LogP contribution in [-0.2, 0) is 16.0 Å². The van der Waals surface area contributed by atoms with Crippen molar-refractivity contribution < 1.29 is 35.2 Å². The molecule has 0 aliphatic carbocycles. The van der Waals surface area contributed by atoms with Crippen LogP contribution in [0.4, 0.5) is 17.6 Å². The first kappa shape index (κ1) is 21.1. The molecule has 0 amide bonds. The van der Waals surface area contributed by atoms with Crippen molar-refractivity contribution in [2.24, 2.45) is 0 Å². The maximum Gasteiger partial charge on any atom is 0.453 e. The molecule has 0 saturated heterocycles. The minimum absolute atomic E-state index is 0.174. The van der Waals surface area contributed by atoms with Gasteiger partial charge in [-0.2, -0.15) is 13.2 Å².